The van der Waals surface area contributed by atoms with E-state index in [1.807, 2.05) is 44.2 Å². The van der Waals surface area contributed by atoms with Crippen molar-refractivity contribution in [2.75, 3.05) is 10.6 Å². The number of benzene rings is 2. The lowest BCUT2D eigenvalue weighted by Crippen LogP contribution is -2.17. The molecule has 3 rings (SSSR count). The highest BCUT2D eigenvalue weighted by atomic mass is 16.1. The second kappa shape index (κ2) is 8.65. The third kappa shape index (κ3) is 4.74. The summed E-state index contributed by atoms with van der Waals surface area (Å²) in [5.74, 6) is 0.222. The number of nitrogens with zero attached hydrogens (tertiary/aromatic N) is 2. The number of anilines is 2. The Morgan fingerprint density at radius 3 is 2.54 bits per heavy atom. The predicted octanol–water partition coefficient (Wildman–Crippen LogP) is 4.83. The summed E-state index contributed by atoms with van der Waals surface area (Å²) in [6, 6.07) is 16.0. The molecule has 0 unspecified atom stereocenters. The highest BCUT2D eigenvalue weighted by Crippen LogP contribution is 2.22. The van der Waals surface area contributed by atoms with E-state index in [1.165, 1.54) is 5.56 Å². The molecule has 0 aliphatic heterocycles. The molecule has 0 radical (unpaired) electrons. The number of para-hydroxylation sites is 1. The standard InChI is InChI=1S/C23H26N4O/c1-5-19-11-7-9-16(3)21(19)27-22(28)20-13-17(4)25-23(26-20)24-14-18-10-6-8-15(2)12-18/h6-13H,5,14H2,1-4H3,(H,27,28)(H,24,25,26). The van der Waals surface area contributed by atoms with Gasteiger partial charge in [-0.25, -0.2) is 9.97 Å². The Labute approximate surface area is 166 Å². The van der Waals surface area contributed by atoms with Gasteiger partial charge in [-0.1, -0.05) is 55.0 Å². The molecular formula is C23H26N4O. The number of hydrogen-bond acceptors (Lipinski definition) is 4. The molecule has 28 heavy (non-hydrogen) atoms. The summed E-state index contributed by atoms with van der Waals surface area (Å²) in [6.45, 7) is 8.60. The van der Waals surface area contributed by atoms with Crippen molar-refractivity contribution in [1.29, 1.82) is 0 Å². The van der Waals surface area contributed by atoms with Crippen LogP contribution < -0.4 is 10.6 Å². The molecule has 0 saturated carbocycles. The first kappa shape index (κ1) is 19.5. The van der Waals surface area contributed by atoms with E-state index in [9.17, 15) is 4.79 Å². The van der Waals surface area contributed by atoms with Crippen LogP contribution in [0.15, 0.2) is 48.5 Å². The normalized spacial score (nSPS) is 10.6. The summed E-state index contributed by atoms with van der Waals surface area (Å²) in [5.41, 5.74) is 6.45. The van der Waals surface area contributed by atoms with Gasteiger partial charge in [-0.05, 0) is 49.9 Å². The van der Waals surface area contributed by atoms with E-state index in [0.29, 0.717) is 18.2 Å². The van der Waals surface area contributed by atoms with E-state index >= 15 is 0 Å². The molecule has 5 nitrogen and oxygen atoms in total. The van der Waals surface area contributed by atoms with Crippen LogP contribution in [0.4, 0.5) is 11.6 Å². The molecule has 3 aromatic rings. The van der Waals surface area contributed by atoms with E-state index in [0.717, 1.165) is 34.5 Å². The number of amides is 1. The number of carbonyl (C=O) groups excluding carboxylic acids is 1. The molecule has 0 aliphatic rings. The second-order valence-electron chi connectivity index (χ2n) is 6.98. The Bertz CT molecular complexity index is 998. The average Bonchev–Trinajstić information content (AvgIpc) is 2.67. The highest BCUT2D eigenvalue weighted by molar-refractivity contribution is 6.04. The first-order valence-electron chi connectivity index (χ1n) is 9.51. The van der Waals surface area contributed by atoms with Gasteiger partial charge in [0.15, 0.2) is 0 Å². The van der Waals surface area contributed by atoms with Crippen molar-refractivity contribution in [3.05, 3.63) is 82.2 Å². The molecule has 1 aromatic heterocycles. The molecule has 0 aliphatic carbocycles. The van der Waals surface area contributed by atoms with Crippen molar-refractivity contribution in [1.82, 2.24) is 9.97 Å². The van der Waals surface area contributed by atoms with E-state index in [-0.39, 0.29) is 5.91 Å². The van der Waals surface area contributed by atoms with E-state index in [4.69, 9.17) is 0 Å². The van der Waals surface area contributed by atoms with Gasteiger partial charge in [0.2, 0.25) is 5.95 Å². The van der Waals surface area contributed by atoms with Crippen LogP contribution in [0.25, 0.3) is 0 Å². The summed E-state index contributed by atoms with van der Waals surface area (Å²) in [7, 11) is 0. The number of aryl methyl sites for hydroxylation is 4. The monoisotopic (exact) mass is 374 g/mol. The van der Waals surface area contributed by atoms with Crippen molar-refractivity contribution in [2.24, 2.45) is 0 Å². The molecule has 5 heteroatoms. The van der Waals surface area contributed by atoms with Crippen molar-refractivity contribution in [3.63, 3.8) is 0 Å². The molecule has 1 amide bonds. The minimum atomic E-state index is -0.229. The zero-order chi connectivity index (χ0) is 20.1. The van der Waals surface area contributed by atoms with Crippen LogP contribution in [0.5, 0.6) is 0 Å². The van der Waals surface area contributed by atoms with Crippen LogP contribution in [-0.4, -0.2) is 15.9 Å². The van der Waals surface area contributed by atoms with Crippen LogP contribution in [0, 0.1) is 20.8 Å². The lowest BCUT2D eigenvalue weighted by atomic mass is 10.1. The Kier molecular flexibility index (Phi) is 6.04. The summed E-state index contributed by atoms with van der Waals surface area (Å²) in [6.07, 6.45) is 0.851. The van der Waals surface area contributed by atoms with Gasteiger partial charge in [-0.3, -0.25) is 4.79 Å². The van der Waals surface area contributed by atoms with E-state index in [2.05, 4.69) is 46.6 Å². The number of nitrogens with one attached hydrogen (secondary N) is 2. The first-order valence-corrected chi connectivity index (χ1v) is 9.51. The molecule has 0 atom stereocenters. The van der Waals surface area contributed by atoms with Crippen LogP contribution in [0.1, 0.15) is 45.4 Å². The number of hydrogen-bond donors (Lipinski definition) is 2. The molecule has 144 valence electrons. The van der Waals surface area contributed by atoms with Crippen LogP contribution in [-0.2, 0) is 13.0 Å². The van der Waals surface area contributed by atoms with Crippen molar-refractivity contribution < 1.29 is 4.79 Å². The lowest BCUT2D eigenvalue weighted by Gasteiger charge is -2.13. The Morgan fingerprint density at radius 2 is 1.79 bits per heavy atom. The minimum absolute atomic E-state index is 0.229. The zero-order valence-electron chi connectivity index (χ0n) is 16.8. The fourth-order valence-corrected chi connectivity index (χ4v) is 3.15. The van der Waals surface area contributed by atoms with Crippen LogP contribution in [0.3, 0.4) is 0 Å². The third-order valence-corrected chi connectivity index (χ3v) is 4.60. The lowest BCUT2D eigenvalue weighted by molar-refractivity contribution is 0.102. The maximum absolute atomic E-state index is 12.8. The summed E-state index contributed by atoms with van der Waals surface area (Å²) >= 11 is 0. The summed E-state index contributed by atoms with van der Waals surface area (Å²) < 4.78 is 0. The van der Waals surface area contributed by atoms with Crippen LogP contribution >= 0.6 is 0 Å². The van der Waals surface area contributed by atoms with Gasteiger partial charge in [0.05, 0.1) is 0 Å². The van der Waals surface area contributed by atoms with Crippen molar-refractivity contribution >= 4 is 17.5 Å². The predicted molar refractivity (Wildman–Crippen MR) is 114 cm³/mol. The fraction of sp³-hybridized carbons (Fsp3) is 0.261. The second-order valence-corrected chi connectivity index (χ2v) is 6.98. The van der Waals surface area contributed by atoms with Gasteiger partial charge in [-0.2, -0.15) is 0 Å². The molecule has 0 spiro atoms. The van der Waals surface area contributed by atoms with E-state index in [1.54, 1.807) is 6.07 Å². The van der Waals surface area contributed by atoms with Gasteiger partial charge in [0.1, 0.15) is 5.69 Å². The van der Waals surface area contributed by atoms with Gasteiger partial charge in [-0.15, -0.1) is 0 Å². The third-order valence-electron chi connectivity index (χ3n) is 4.60. The molecular weight excluding hydrogens is 348 g/mol. The molecule has 2 aromatic carbocycles. The van der Waals surface area contributed by atoms with Crippen molar-refractivity contribution in [3.8, 4) is 0 Å². The van der Waals surface area contributed by atoms with Crippen LogP contribution in [0.2, 0.25) is 0 Å². The van der Waals surface area contributed by atoms with Gasteiger partial charge < -0.3 is 10.6 Å². The Balaban J connectivity index is 1.78. The number of aromatic nitrogens is 2. The topological polar surface area (TPSA) is 66.9 Å². The number of rotatable bonds is 6. The molecule has 1 heterocycles. The quantitative estimate of drug-likeness (QED) is 0.649. The molecule has 0 saturated heterocycles. The Morgan fingerprint density at radius 1 is 1.00 bits per heavy atom. The van der Waals surface area contributed by atoms with Crippen molar-refractivity contribution in [2.45, 2.75) is 40.7 Å². The fourth-order valence-electron chi connectivity index (χ4n) is 3.15. The molecule has 0 fully saturated rings. The van der Waals surface area contributed by atoms with E-state index < -0.39 is 0 Å². The maximum atomic E-state index is 12.8. The largest absolute Gasteiger partial charge is 0.350 e. The molecule has 2 N–H and O–H groups in total. The van der Waals surface area contributed by atoms with Gasteiger partial charge in [0.25, 0.3) is 5.91 Å². The number of carbonyl (C=O) groups is 1. The molecule has 0 bridgehead atoms. The zero-order valence-corrected chi connectivity index (χ0v) is 16.8. The minimum Gasteiger partial charge on any atom is -0.350 e. The summed E-state index contributed by atoms with van der Waals surface area (Å²) in [4.78, 5) is 21.7. The summed E-state index contributed by atoms with van der Waals surface area (Å²) in [5, 5.41) is 6.24. The first-order chi connectivity index (χ1) is 13.5. The Hall–Kier alpha value is -3.21. The van der Waals surface area contributed by atoms with Gasteiger partial charge >= 0.3 is 0 Å². The van der Waals surface area contributed by atoms with Gasteiger partial charge in [0, 0.05) is 17.9 Å². The highest BCUT2D eigenvalue weighted by Gasteiger charge is 2.14. The smallest absolute Gasteiger partial charge is 0.274 e. The SMILES string of the molecule is CCc1cccc(C)c1NC(=O)c1cc(C)nc(NCc2cccc(C)c2)n1. The average molecular weight is 374 g/mol. The maximum Gasteiger partial charge on any atom is 0.274 e.